The van der Waals surface area contributed by atoms with Crippen molar-refractivity contribution in [3.05, 3.63) is 42.0 Å². The fraction of sp³-hybridized carbons (Fsp3) is 0.591. The van der Waals surface area contributed by atoms with Crippen LogP contribution in [0, 0.1) is 0 Å². The lowest BCUT2D eigenvalue weighted by molar-refractivity contribution is -0.127. The van der Waals surface area contributed by atoms with Gasteiger partial charge in [0.2, 0.25) is 5.91 Å². The fourth-order valence-corrected chi connectivity index (χ4v) is 3.97. The Morgan fingerprint density at radius 1 is 1.12 bits per heavy atom. The van der Waals surface area contributed by atoms with Crippen molar-refractivity contribution in [1.29, 1.82) is 0 Å². The van der Waals surface area contributed by atoms with Gasteiger partial charge >= 0.3 is 0 Å². The average Bonchev–Trinajstić information content (AvgIpc) is 2.69. The first-order chi connectivity index (χ1) is 12.7. The molecular formula is C22H33N3O. The van der Waals surface area contributed by atoms with Crippen LogP contribution < -0.4 is 5.32 Å². The van der Waals surface area contributed by atoms with Crippen molar-refractivity contribution in [2.24, 2.45) is 0 Å². The maximum Gasteiger partial charge on any atom is 0.237 e. The summed E-state index contributed by atoms with van der Waals surface area (Å²) in [6, 6.07) is 10.8. The van der Waals surface area contributed by atoms with Crippen LogP contribution in [0.15, 0.2) is 36.4 Å². The Balaban J connectivity index is 1.38. The van der Waals surface area contributed by atoms with Crippen LogP contribution in [0.4, 0.5) is 0 Å². The van der Waals surface area contributed by atoms with Gasteiger partial charge in [0.15, 0.2) is 0 Å². The molecule has 1 N–H and O–H groups in total. The molecule has 2 fully saturated rings. The van der Waals surface area contributed by atoms with Gasteiger partial charge in [-0.3, -0.25) is 14.6 Å². The van der Waals surface area contributed by atoms with Gasteiger partial charge in [-0.1, -0.05) is 61.7 Å². The third-order valence-electron chi connectivity index (χ3n) is 5.76. The lowest BCUT2D eigenvalue weighted by Gasteiger charge is -2.37. The Kier molecular flexibility index (Phi) is 7.27. The Labute approximate surface area is 158 Å². The number of carbonyl (C=O) groups is 1. The summed E-state index contributed by atoms with van der Waals surface area (Å²) in [5.41, 5.74) is 1.25. The molecule has 0 aromatic heterocycles. The highest BCUT2D eigenvalue weighted by Gasteiger charge is 2.26. The molecular weight excluding hydrogens is 322 g/mol. The zero-order chi connectivity index (χ0) is 18.2. The topological polar surface area (TPSA) is 35.6 Å². The van der Waals surface area contributed by atoms with Crippen molar-refractivity contribution in [3.8, 4) is 0 Å². The highest BCUT2D eigenvalue weighted by atomic mass is 16.2. The molecule has 1 aromatic carbocycles. The lowest BCUT2D eigenvalue weighted by Crippen LogP contribution is -2.55. The molecule has 0 spiro atoms. The van der Waals surface area contributed by atoms with Crippen LogP contribution in [0.25, 0.3) is 6.08 Å². The van der Waals surface area contributed by atoms with Gasteiger partial charge in [-0.15, -0.1) is 0 Å². The third kappa shape index (κ3) is 5.68. The van der Waals surface area contributed by atoms with Crippen molar-refractivity contribution in [2.75, 3.05) is 32.7 Å². The van der Waals surface area contributed by atoms with Crippen LogP contribution >= 0.6 is 0 Å². The van der Waals surface area contributed by atoms with E-state index in [-0.39, 0.29) is 11.9 Å². The van der Waals surface area contributed by atoms with Crippen molar-refractivity contribution >= 4 is 12.0 Å². The largest absolute Gasteiger partial charge is 0.352 e. The minimum absolute atomic E-state index is 0.0149. The number of carbonyl (C=O) groups excluding carboxylic acids is 1. The lowest BCUT2D eigenvalue weighted by atomic mass is 9.95. The standard InChI is InChI=1S/C22H33N3O/c1-19(22(26)23-21-12-6-3-7-13-21)25-17-15-24(16-18-25)14-8-11-20-9-4-2-5-10-20/h2,4-5,8-11,19,21H,3,6-7,12-18H2,1H3,(H,23,26)/b11-8+. The van der Waals surface area contributed by atoms with Crippen LogP contribution in [0.2, 0.25) is 0 Å². The van der Waals surface area contributed by atoms with Gasteiger partial charge in [-0.05, 0) is 25.3 Å². The van der Waals surface area contributed by atoms with Crippen molar-refractivity contribution in [2.45, 2.75) is 51.1 Å². The van der Waals surface area contributed by atoms with Gasteiger partial charge in [0, 0.05) is 38.8 Å². The number of amides is 1. The molecule has 1 saturated heterocycles. The van der Waals surface area contributed by atoms with Crippen LogP contribution in [0.5, 0.6) is 0 Å². The van der Waals surface area contributed by atoms with E-state index >= 15 is 0 Å². The molecule has 1 atom stereocenters. The van der Waals surface area contributed by atoms with E-state index in [1.807, 2.05) is 6.07 Å². The van der Waals surface area contributed by atoms with Gasteiger partial charge in [0.25, 0.3) is 0 Å². The summed E-state index contributed by atoms with van der Waals surface area (Å²) in [7, 11) is 0. The van der Waals surface area contributed by atoms with E-state index in [9.17, 15) is 4.79 Å². The van der Waals surface area contributed by atoms with Gasteiger partial charge in [0.05, 0.1) is 6.04 Å². The fourth-order valence-electron chi connectivity index (χ4n) is 3.97. The van der Waals surface area contributed by atoms with Gasteiger partial charge in [-0.2, -0.15) is 0 Å². The molecule has 3 rings (SSSR count). The summed E-state index contributed by atoms with van der Waals surface area (Å²) in [6.07, 6.45) is 10.6. The summed E-state index contributed by atoms with van der Waals surface area (Å²) >= 11 is 0. The second kappa shape index (κ2) is 9.89. The summed E-state index contributed by atoms with van der Waals surface area (Å²) < 4.78 is 0. The Morgan fingerprint density at radius 3 is 2.50 bits per heavy atom. The number of rotatable bonds is 6. The van der Waals surface area contributed by atoms with Crippen molar-refractivity contribution in [3.63, 3.8) is 0 Å². The summed E-state index contributed by atoms with van der Waals surface area (Å²) in [5, 5.41) is 3.27. The average molecular weight is 356 g/mol. The molecule has 26 heavy (non-hydrogen) atoms. The van der Waals surface area contributed by atoms with Crippen LogP contribution in [0.3, 0.4) is 0 Å². The monoisotopic (exact) mass is 355 g/mol. The number of hydrogen-bond acceptors (Lipinski definition) is 3. The van der Waals surface area contributed by atoms with E-state index in [0.717, 1.165) is 45.6 Å². The van der Waals surface area contributed by atoms with Gasteiger partial charge in [0.1, 0.15) is 0 Å². The molecule has 2 aliphatic rings. The minimum atomic E-state index is -0.0149. The van der Waals surface area contributed by atoms with E-state index in [0.29, 0.717) is 6.04 Å². The summed E-state index contributed by atoms with van der Waals surface area (Å²) in [6.45, 7) is 7.03. The first kappa shape index (κ1) is 19.1. The maximum atomic E-state index is 12.5. The molecule has 1 amide bonds. The Morgan fingerprint density at radius 2 is 1.81 bits per heavy atom. The number of hydrogen-bond donors (Lipinski definition) is 1. The zero-order valence-electron chi connectivity index (χ0n) is 16.1. The highest BCUT2D eigenvalue weighted by molar-refractivity contribution is 5.81. The Bertz CT molecular complexity index is 572. The van der Waals surface area contributed by atoms with E-state index in [1.165, 1.54) is 24.8 Å². The first-order valence-electron chi connectivity index (χ1n) is 10.2. The molecule has 4 nitrogen and oxygen atoms in total. The van der Waals surface area contributed by atoms with Gasteiger partial charge < -0.3 is 5.32 Å². The van der Waals surface area contributed by atoms with Crippen molar-refractivity contribution in [1.82, 2.24) is 15.1 Å². The van der Waals surface area contributed by atoms with E-state index in [1.54, 1.807) is 0 Å². The number of piperazine rings is 1. The normalized spacial score (nSPS) is 21.7. The second-order valence-corrected chi connectivity index (χ2v) is 7.67. The summed E-state index contributed by atoms with van der Waals surface area (Å²) in [5.74, 6) is 0.217. The molecule has 1 heterocycles. The molecule has 142 valence electrons. The number of nitrogens with zero attached hydrogens (tertiary/aromatic N) is 2. The SMILES string of the molecule is CC(C(=O)NC1CCCCC1)N1CCN(C/C=C/c2ccccc2)CC1. The molecule has 0 bridgehead atoms. The van der Waals surface area contributed by atoms with Crippen molar-refractivity contribution < 1.29 is 4.79 Å². The number of benzene rings is 1. The Hall–Kier alpha value is -1.65. The van der Waals surface area contributed by atoms with Crippen LogP contribution in [-0.4, -0.2) is 60.5 Å². The highest BCUT2D eigenvalue weighted by Crippen LogP contribution is 2.18. The molecule has 1 aromatic rings. The third-order valence-corrected chi connectivity index (χ3v) is 5.76. The second-order valence-electron chi connectivity index (χ2n) is 7.67. The quantitative estimate of drug-likeness (QED) is 0.851. The summed E-state index contributed by atoms with van der Waals surface area (Å²) in [4.78, 5) is 17.3. The predicted molar refractivity (Wildman–Crippen MR) is 108 cm³/mol. The predicted octanol–water partition coefficient (Wildman–Crippen LogP) is 3.15. The molecule has 4 heteroatoms. The van der Waals surface area contributed by atoms with Crippen LogP contribution in [0.1, 0.15) is 44.6 Å². The molecule has 0 radical (unpaired) electrons. The minimum Gasteiger partial charge on any atom is -0.352 e. The van der Waals surface area contributed by atoms with E-state index in [2.05, 4.69) is 58.5 Å². The number of nitrogens with one attached hydrogen (secondary N) is 1. The zero-order valence-corrected chi connectivity index (χ0v) is 16.1. The van der Waals surface area contributed by atoms with Gasteiger partial charge in [-0.25, -0.2) is 0 Å². The maximum absolute atomic E-state index is 12.5. The smallest absolute Gasteiger partial charge is 0.237 e. The molecule has 1 aliphatic carbocycles. The van der Waals surface area contributed by atoms with Crippen LogP contribution in [-0.2, 0) is 4.79 Å². The van der Waals surface area contributed by atoms with E-state index < -0.39 is 0 Å². The molecule has 1 aliphatic heterocycles. The molecule has 1 unspecified atom stereocenters. The first-order valence-corrected chi connectivity index (χ1v) is 10.2. The van der Waals surface area contributed by atoms with E-state index in [4.69, 9.17) is 0 Å². The molecule has 1 saturated carbocycles.